The lowest BCUT2D eigenvalue weighted by atomic mass is 9.84. The van der Waals surface area contributed by atoms with Crippen molar-refractivity contribution in [3.8, 4) is 28.7 Å². The van der Waals surface area contributed by atoms with Crippen LogP contribution in [0.15, 0.2) is 60.4 Å². The second kappa shape index (κ2) is 8.59. The number of Topliss-reactive ketones (excluding diaryl/α,β-unsaturated/α-hetero) is 1. The first-order chi connectivity index (χ1) is 16.5. The van der Waals surface area contributed by atoms with Crippen molar-refractivity contribution in [3.05, 3.63) is 82.6 Å². The van der Waals surface area contributed by atoms with E-state index in [9.17, 15) is 9.59 Å². The second-order valence-electron chi connectivity index (χ2n) is 7.91. The molecule has 0 amide bonds. The Balaban J connectivity index is 1.58. The van der Waals surface area contributed by atoms with Gasteiger partial charge in [-0.3, -0.25) is 9.59 Å². The number of allylic oxidation sites excluding steroid dienone is 1. The first-order valence-electron chi connectivity index (χ1n) is 10.7. The third-order valence-corrected chi connectivity index (χ3v) is 6.00. The van der Waals surface area contributed by atoms with Crippen LogP contribution in [-0.4, -0.2) is 33.1 Å². The first kappa shape index (κ1) is 21.6. The molecule has 0 saturated carbocycles. The highest BCUT2D eigenvalue weighted by molar-refractivity contribution is 6.15. The number of esters is 1. The van der Waals surface area contributed by atoms with Crippen LogP contribution in [0.3, 0.4) is 0 Å². The summed E-state index contributed by atoms with van der Waals surface area (Å²) in [5.41, 5.74) is 2.72. The Labute approximate surface area is 196 Å². The monoisotopic (exact) mass is 458 g/mol. The van der Waals surface area contributed by atoms with Crippen molar-refractivity contribution in [2.45, 2.75) is 12.3 Å². The second-order valence-corrected chi connectivity index (χ2v) is 7.91. The summed E-state index contributed by atoms with van der Waals surface area (Å²) in [5, 5.41) is 0. The first-order valence-corrected chi connectivity index (χ1v) is 10.7. The smallest absolute Gasteiger partial charge is 0.312 e. The molecular formula is C27H22O7. The lowest BCUT2D eigenvalue weighted by Gasteiger charge is -2.26. The summed E-state index contributed by atoms with van der Waals surface area (Å²) in [4.78, 5) is 25.5. The maximum atomic E-state index is 13.1. The minimum absolute atomic E-state index is 0.105. The van der Waals surface area contributed by atoms with Gasteiger partial charge in [0.25, 0.3) is 0 Å². The molecule has 34 heavy (non-hydrogen) atoms. The standard InChI is InChI=1S/C27H22O7/c1-30-17-7-4-15(5-8-17)12-23-26(29)18-9-11-21-25(27(18)34-23)19(14-24(28)33-21)16-6-10-20(31-2)22(13-16)32-3/h4-13,19H,14H2,1-3H3/b23-12-/t19-/m0/s1. The van der Waals surface area contributed by atoms with Crippen LogP contribution in [0.4, 0.5) is 0 Å². The van der Waals surface area contributed by atoms with Gasteiger partial charge in [-0.05, 0) is 53.6 Å². The summed E-state index contributed by atoms with van der Waals surface area (Å²) in [6, 6.07) is 16.1. The molecule has 0 N–H and O–H groups in total. The maximum absolute atomic E-state index is 13.1. The van der Waals surface area contributed by atoms with Crippen LogP contribution >= 0.6 is 0 Å². The maximum Gasteiger partial charge on any atom is 0.312 e. The number of ketones is 1. The van der Waals surface area contributed by atoms with Gasteiger partial charge in [0, 0.05) is 11.5 Å². The highest BCUT2D eigenvalue weighted by atomic mass is 16.5. The largest absolute Gasteiger partial charge is 0.497 e. The number of hydrogen-bond acceptors (Lipinski definition) is 7. The van der Waals surface area contributed by atoms with Crippen LogP contribution in [0, 0.1) is 0 Å². The Morgan fingerprint density at radius 1 is 0.853 bits per heavy atom. The lowest BCUT2D eigenvalue weighted by molar-refractivity contribution is -0.135. The summed E-state index contributed by atoms with van der Waals surface area (Å²) in [5.74, 6) is 1.89. The molecule has 172 valence electrons. The van der Waals surface area contributed by atoms with Crippen molar-refractivity contribution >= 4 is 17.8 Å². The number of hydrogen-bond donors (Lipinski definition) is 0. The van der Waals surface area contributed by atoms with E-state index in [0.29, 0.717) is 34.1 Å². The molecule has 5 rings (SSSR count). The van der Waals surface area contributed by atoms with Crippen LogP contribution < -0.4 is 23.7 Å². The summed E-state index contributed by atoms with van der Waals surface area (Å²) in [6.45, 7) is 0. The van der Waals surface area contributed by atoms with E-state index in [0.717, 1.165) is 16.9 Å². The van der Waals surface area contributed by atoms with Gasteiger partial charge < -0.3 is 23.7 Å². The molecule has 0 bridgehead atoms. The van der Waals surface area contributed by atoms with Gasteiger partial charge >= 0.3 is 5.97 Å². The predicted octanol–water partition coefficient (Wildman–Crippen LogP) is 4.77. The zero-order valence-corrected chi connectivity index (χ0v) is 18.9. The van der Waals surface area contributed by atoms with Crippen molar-refractivity contribution in [2.75, 3.05) is 21.3 Å². The van der Waals surface area contributed by atoms with Crippen molar-refractivity contribution in [1.82, 2.24) is 0 Å². The van der Waals surface area contributed by atoms with Gasteiger partial charge in [-0.2, -0.15) is 0 Å². The molecule has 2 heterocycles. The molecule has 0 fully saturated rings. The molecular weight excluding hydrogens is 436 g/mol. The zero-order chi connectivity index (χ0) is 23.8. The fraction of sp³-hybridized carbons (Fsp3) is 0.185. The normalized spacial score (nSPS) is 17.5. The van der Waals surface area contributed by atoms with Crippen LogP contribution in [0.5, 0.6) is 28.7 Å². The zero-order valence-electron chi connectivity index (χ0n) is 18.9. The minimum atomic E-state index is -0.376. The quantitative estimate of drug-likeness (QED) is 0.310. The van der Waals surface area contributed by atoms with E-state index in [2.05, 4.69) is 0 Å². The molecule has 7 nitrogen and oxygen atoms in total. The van der Waals surface area contributed by atoms with Gasteiger partial charge in [0.2, 0.25) is 5.78 Å². The molecule has 2 aliphatic heterocycles. The summed E-state index contributed by atoms with van der Waals surface area (Å²) < 4.78 is 27.6. The summed E-state index contributed by atoms with van der Waals surface area (Å²) in [7, 11) is 4.72. The van der Waals surface area contributed by atoms with E-state index >= 15 is 0 Å². The molecule has 1 atom stereocenters. The number of benzene rings is 3. The summed E-state index contributed by atoms with van der Waals surface area (Å²) in [6.07, 6.45) is 1.79. The van der Waals surface area contributed by atoms with Crippen molar-refractivity contribution in [3.63, 3.8) is 0 Å². The number of methoxy groups -OCH3 is 3. The molecule has 0 spiro atoms. The fourth-order valence-electron chi connectivity index (χ4n) is 4.31. The fourth-order valence-corrected chi connectivity index (χ4v) is 4.31. The Bertz CT molecular complexity index is 1320. The van der Waals surface area contributed by atoms with Crippen molar-refractivity contribution in [1.29, 1.82) is 0 Å². The molecule has 0 radical (unpaired) electrons. The SMILES string of the molecule is COc1ccc(/C=C2\Oc3c(ccc4c3[C@H](c3ccc(OC)c(OC)c3)CC(=O)O4)C2=O)cc1. The highest BCUT2D eigenvalue weighted by Gasteiger charge is 2.38. The van der Waals surface area contributed by atoms with Gasteiger partial charge in [-0.25, -0.2) is 0 Å². The van der Waals surface area contributed by atoms with E-state index in [1.54, 1.807) is 45.6 Å². The van der Waals surface area contributed by atoms with Crippen LogP contribution in [-0.2, 0) is 4.79 Å². The number of carbonyl (C=O) groups is 2. The number of rotatable bonds is 5. The number of carbonyl (C=O) groups excluding carboxylic acids is 2. The topological polar surface area (TPSA) is 80.3 Å². The average molecular weight is 458 g/mol. The van der Waals surface area contributed by atoms with E-state index < -0.39 is 0 Å². The van der Waals surface area contributed by atoms with Crippen LogP contribution in [0.2, 0.25) is 0 Å². The molecule has 0 aromatic heterocycles. The van der Waals surface area contributed by atoms with Crippen LogP contribution in [0.1, 0.15) is 39.4 Å². The van der Waals surface area contributed by atoms with Gasteiger partial charge in [-0.15, -0.1) is 0 Å². The average Bonchev–Trinajstić information content (AvgIpc) is 3.18. The Morgan fingerprint density at radius 3 is 2.32 bits per heavy atom. The summed E-state index contributed by atoms with van der Waals surface area (Å²) >= 11 is 0. The van der Waals surface area contributed by atoms with Gasteiger partial charge in [0.05, 0.1) is 33.3 Å². The van der Waals surface area contributed by atoms with Gasteiger partial charge in [-0.1, -0.05) is 18.2 Å². The molecule has 0 unspecified atom stereocenters. The van der Waals surface area contributed by atoms with E-state index in [-0.39, 0.29) is 29.9 Å². The third kappa shape index (κ3) is 3.65. The Hall–Kier alpha value is -4.26. The Morgan fingerprint density at radius 2 is 1.62 bits per heavy atom. The molecule has 3 aromatic rings. The van der Waals surface area contributed by atoms with E-state index in [1.165, 1.54) is 0 Å². The van der Waals surface area contributed by atoms with Crippen LogP contribution in [0.25, 0.3) is 6.08 Å². The number of fused-ring (bicyclic) bond motifs is 3. The highest BCUT2D eigenvalue weighted by Crippen LogP contribution is 2.49. The molecule has 7 heteroatoms. The van der Waals surface area contributed by atoms with Gasteiger partial charge in [0.15, 0.2) is 17.3 Å². The molecule has 0 aliphatic carbocycles. The van der Waals surface area contributed by atoms with Crippen molar-refractivity contribution < 1.29 is 33.3 Å². The van der Waals surface area contributed by atoms with E-state index in [1.807, 2.05) is 36.4 Å². The predicted molar refractivity (Wildman–Crippen MR) is 124 cm³/mol. The number of ether oxygens (including phenoxy) is 5. The molecule has 3 aromatic carbocycles. The van der Waals surface area contributed by atoms with E-state index in [4.69, 9.17) is 23.7 Å². The minimum Gasteiger partial charge on any atom is -0.497 e. The van der Waals surface area contributed by atoms with Gasteiger partial charge in [0.1, 0.15) is 17.2 Å². The third-order valence-electron chi connectivity index (χ3n) is 6.00. The van der Waals surface area contributed by atoms with Crippen molar-refractivity contribution in [2.24, 2.45) is 0 Å². The Kier molecular flexibility index (Phi) is 5.45. The molecule has 2 aliphatic rings. The lowest BCUT2D eigenvalue weighted by Crippen LogP contribution is -2.21. The molecule has 0 saturated heterocycles.